The molecular formula is C22H35N3O3. The van der Waals surface area contributed by atoms with Crippen LogP contribution in [-0.4, -0.2) is 53.7 Å². The second kappa shape index (κ2) is 8.84. The number of carbonyl (C=O) groups is 2. The SMILES string of the molecule is CC(C)c1cccc(C(C)C)c1NC(=O)N1CCN(C(=O)OC(C)(C)C)CC1. The predicted octanol–water partition coefficient (Wildman–Crippen LogP) is 5.02. The van der Waals surface area contributed by atoms with Crippen LogP contribution in [0.3, 0.4) is 0 Å². The molecule has 2 rings (SSSR count). The second-order valence-electron chi connectivity index (χ2n) is 9.01. The van der Waals surface area contributed by atoms with E-state index in [1.165, 1.54) is 0 Å². The van der Waals surface area contributed by atoms with E-state index >= 15 is 0 Å². The van der Waals surface area contributed by atoms with Crippen LogP contribution in [-0.2, 0) is 4.74 Å². The molecule has 1 N–H and O–H groups in total. The summed E-state index contributed by atoms with van der Waals surface area (Å²) in [6.07, 6.45) is -0.320. The van der Waals surface area contributed by atoms with E-state index in [0.717, 1.165) is 16.8 Å². The van der Waals surface area contributed by atoms with Crippen molar-refractivity contribution in [3.8, 4) is 0 Å². The number of hydrogen-bond donors (Lipinski definition) is 1. The largest absolute Gasteiger partial charge is 0.444 e. The minimum atomic E-state index is -0.514. The highest BCUT2D eigenvalue weighted by Gasteiger charge is 2.28. The van der Waals surface area contributed by atoms with E-state index in [1.54, 1.807) is 9.80 Å². The molecule has 0 bridgehead atoms. The van der Waals surface area contributed by atoms with Gasteiger partial charge in [-0.15, -0.1) is 0 Å². The normalized spacial score (nSPS) is 15.2. The van der Waals surface area contributed by atoms with Crippen LogP contribution in [0, 0.1) is 0 Å². The van der Waals surface area contributed by atoms with Crippen LogP contribution in [0.2, 0.25) is 0 Å². The summed E-state index contributed by atoms with van der Waals surface area (Å²) in [5.74, 6) is 0.635. The molecule has 1 aromatic rings. The van der Waals surface area contributed by atoms with E-state index in [1.807, 2.05) is 20.8 Å². The monoisotopic (exact) mass is 389 g/mol. The lowest BCUT2D eigenvalue weighted by Crippen LogP contribution is -2.52. The van der Waals surface area contributed by atoms with Crippen molar-refractivity contribution in [2.45, 2.75) is 65.9 Å². The van der Waals surface area contributed by atoms with Crippen molar-refractivity contribution >= 4 is 17.8 Å². The molecule has 0 aromatic heterocycles. The van der Waals surface area contributed by atoms with Crippen molar-refractivity contribution in [2.75, 3.05) is 31.5 Å². The van der Waals surface area contributed by atoms with Crippen LogP contribution < -0.4 is 5.32 Å². The Kier molecular flexibility index (Phi) is 6.96. The standard InChI is InChI=1S/C22H35N3O3/c1-15(2)17-9-8-10-18(16(3)4)19(17)23-20(26)24-11-13-25(14-12-24)21(27)28-22(5,6)7/h8-10,15-16H,11-14H2,1-7H3,(H,23,26). The number of anilines is 1. The predicted molar refractivity (Wildman–Crippen MR) is 113 cm³/mol. The first-order chi connectivity index (χ1) is 13.0. The van der Waals surface area contributed by atoms with Crippen LogP contribution in [0.25, 0.3) is 0 Å². The van der Waals surface area contributed by atoms with Crippen molar-refractivity contribution in [1.82, 2.24) is 9.80 Å². The van der Waals surface area contributed by atoms with Gasteiger partial charge in [0.15, 0.2) is 0 Å². The van der Waals surface area contributed by atoms with E-state index in [4.69, 9.17) is 4.74 Å². The minimum absolute atomic E-state index is 0.112. The Hall–Kier alpha value is -2.24. The Morgan fingerprint density at radius 3 is 1.82 bits per heavy atom. The van der Waals surface area contributed by atoms with Crippen molar-refractivity contribution in [2.24, 2.45) is 0 Å². The lowest BCUT2D eigenvalue weighted by Gasteiger charge is -2.36. The van der Waals surface area contributed by atoms with Crippen LogP contribution in [0.1, 0.15) is 71.4 Å². The Bertz CT molecular complexity index is 673. The van der Waals surface area contributed by atoms with Crippen molar-refractivity contribution in [3.05, 3.63) is 29.3 Å². The number of ether oxygens (including phenoxy) is 1. The Labute approximate surface area is 169 Å². The number of rotatable bonds is 3. The fraction of sp³-hybridized carbons (Fsp3) is 0.636. The molecule has 6 heteroatoms. The zero-order valence-corrected chi connectivity index (χ0v) is 18.3. The zero-order valence-electron chi connectivity index (χ0n) is 18.3. The summed E-state index contributed by atoms with van der Waals surface area (Å²) in [6, 6.07) is 6.10. The van der Waals surface area contributed by atoms with Gasteiger partial charge in [-0.2, -0.15) is 0 Å². The summed E-state index contributed by atoms with van der Waals surface area (Å²) >= 11 is 0. The number of para-hydroxylation sites is 1. The number of nitrogens with zero attached hydrogens (tertiary/aromatic N) is 2. The molecule has 1 aromatic carbocycles. The number of hydrogen-bond acceptors (Lipinski definition) is 3. The molecule has 0 unspecified atom stereocenters. The number of carbonyl (C=O) groups excluding carboxylic acids is 2. The molecule has 1 heterocycles. The van der Waals surface area contributed by atoms with E-state index in [9.17, 15) is 9.59 Å². The first-order valence-electron chi connectivity index (χ1n) is 10.2. The quantitative estimate of drug-likeness (QED) is 0.790. The topological polar surface area (TPSA) is 61.9 Å². The molecule has 0 atom stereocenters. The molecule has 156 valence electrons. The molecule has 1 aliphatic heterocycles. The highest BCUT2D eigenvalue weighted by molar-refractivity contribution is 5.91. The van der Waals surface area contributed by atoms with Gasteiger partial charge in [0, 0.05) is 31.9 Å². The third-order valence-electron chi connectivity index (χ3n) is 4.82. The molecule has 0 saturated carbocycles. The molecule has 0 spiro atoms. The lowest BCUT2D eigenvalue weighted by molar-refractivity contribution is 0.0174. The van der Waals surface area contributed by atoms with E-state index in [0.29, 0.717) is 38.0 Å². The van der Waals surface area contributed by atoms with Gasteiger partial charge in [0.05, 0.1) is 0 Å². The Morgan fingerprint density at radius 2 is 1.39 bits per heavy atom. The fourth-order valence-electron chi connectivity index (χ4n) is 3.30. The van der Waals surface area contributed by atoms with Crippen LogP contribution in [0.15, 0.2) is 18.2 Å². The fourth-order valence-corrected chi connectivity index (χ4v) is 3.30. The minimum Gasteiger partial charge on any atom is -0.444 e. The van der Waals surface area contributed by atoms with Crippen molar-refractivity contribution in [1.29, 1.82) is 0 Å². The molecule has 0 radical (unpaired) electrons. The van der Waals surface area contributed by atoms with Gasteiger partial charge >= 0.3 is 12.1 Å². The van der Waals surface area contributed by atoms with Crippen LogP contribution >= 0.6 is 0 Å². The summed E-state index contributed by atoms with van der Waals surface area (Å²) in [5, 5.41) is 3.15. The van der Waals surface area contributed by atoms with Crippen LogP contribution in [0.5, 0.6) is 0 Å². The summed E-state index contributed by atoms with van der Waals surface area (Å²) < 4.78 is 5.42. The zero-order chi connectivity index (χ0) is 21.1. The lowest BCUT2D eigenvalue weighted by atomic mass is 9.93. The summed E-state index contributed by atoms with van der Waals surface area (Å²) in [6.45, 7) is 16.0. The molecule has 6 nitrogen and oxygen atoms in total. The maximum Gasteiger partial charge on any atom is 0.410 e. The number of urea groups is 1. The molecule has 0 aliphatic carbocycles. The highest BCUT2D eigenvalue weighted by Crippen LogP contribution is 2.32. The summed E-state index contributed by atoms with van der Waals surface area (Å²) in [7, 11) is 0. The number of nitrogens with one attached hydrogen (secondary N) is 1. The number of benzene rings is 1. The third kappa shape index (κ3) is 5.63. The average molecular weight is 390 g/mol. The smallest absolute Gasteiger partial charge is 0.410 e. The van der Waals surface area contributed by atoms with Crippen molar-refractivity contribution < 1.29 is 14.3 Å². The van der Waals surface area contributed by atoms with E-state index < -0.39 is 5.60 Å². The van der Waals surface area contributed by atoms with Crippen LogP contribution in [0.4, 0.5) is 15.3 Å². The first kappa shape index (κ1) is 22.1. The van der Waals surface area contributed by atoms with Gasteiger partial charge in [0.25, 0.3) is 0 Å². The Balaban J connectivity index is 2.05. The molecule has 1 aliphatic rings. The molecule has 1 fully saturated rings. The van der Waals surface area contributed by atoms with Gasteiger partial charge in [-0.05, 0) is 43.7 Å². The molecule has 28 heavy (non-hydrogen) atoms. The third-order valence-corrected chi connectivity index (χ3v) is 4.82. The average Bonchev–Trinajstić information content (AvgIpc) is 2.60. The van der Waals surface area contributed by atoms with Gasteiger partial charge in [-0.3, -0.25) is 0 Å². The maximum absolute atomic E-state index is 12.9. The second-order valence-corrected chi connectivity index (χ2v) is 9.01. The van der Waals surface area contributed by atoms with Gasteiger partial charge in [-0.25, -0.2) is 9.59 Å². The number of amides is 3. The molecule has 3 amide bonds. The first-order valence-corrected chi connectivity index (χ1v) is 10.2. The summed E-state index contributed by atoms with van der Waals surface area (Å²) in [4.78, 5) is 28.5. The van der Waals surface area contributed by atoms with Crippen molar-refractivity contribution in [3.63, 3.8) is 0 Å². The highest BCUT2D eigenvalue weighted by atomic mass is 16.6. The van der Waals surface area contributed by atoms with Gasteiger partial charge in [0.1, 0.15) is 5.60 Å². The van der Waals surface area contributed by atoms with Gasteiger partial charge in [-0.1, -0.05) is 45.9 Å². The van der Waals surface area contributed by atoms with Gasteiger partial charge in [0.2, 0.25) is 0 Å². The van der Waals surface area contributed by atoms with Gasteiger partial charge < -0.3 is 19.9 Å². The summed E-state index contributed by atoms with van der Waals surface area (Å²) in [5.41, 5.74) is 2.70. The van der Waals surface area contributed by atoms with E-state index in [2.05, 4.69) is 51.2 Å². The maximum atomic E-state index is 12.9. The number of piperazine rings is 1. The Morgan fingerprint density at radius 1 is 0.929 bits per heavy atom. The molecule has 1 saturated heterocycles. The van der Waals surface area contributed by atoms with E-state index in [-0.39, 0.29) is 12.1 Å². The molecular weight excluding hydrogens is 354 g/mol.